The molecule has 0 heterocycles. The summed E-state index contributed by atoms with van der Waals surface area (Å²) >= 11 is 0. The molecule has 0 spiro atoms. The molecule has 0 amide bonds. The third-order valence-electron chi connectivity index (χ3n) is 1.62. The molecule has 0 aliphatic heterocycles. The first-order valence-corrected chi connectivity index (χ1v) is 5.76. The SMILES string of the molecule is CCNS(=O)(=O)Nc1c(N)cccc1F. The Labute approximate surface area is 87.7 Å². The van der Waals surface area contributed by atoms with Crippen LogP contribution >= 0.6 is 0 Å². The highest BCUT2D eigenvalue weighted by molar-refractivity contribution is 7.90. The van der Waals surface area contributed by atoms with Crippen LogP contribution in [0.5, 0.6) is 0 Å². The van der Waals surface area contributed by atoms with Crippen molar-refractivity contribution in [3.05, 3.63) is 24.0 Å². The van der Waals surface area contributed by atoms with E-state index in [1.165, 1.54) is 12.1 Å². The Kier molecular flexibility index (Phi) is 3.48. The Morgan fingerprint density at radius 1 is 1.47 bits per heavy atom. The Hall–Kier alpha value is -1.34. The summed E-state index contributed by atoms with van der Waals surface area (Å²) in [6.45, 7) is 1.83. The van der Waals surface area contributed by atoms with E-state index in [1.54, 1.807) is 6.92 Å². The molecule has 0 saturated heterocycles. The van der Waals surface area contributed by atoms with Crippen molar-refractivity contribution in [2.45, 2.75) is 6.92 Å². The first-order chi connectivity index (χ1) is 6.96. The predicted molar refractivity (Wildman–Crippen MR) is 57.0 cm³/mol. The quantitative estimate of drug-likeness (QED) is 0.668. The van der Waals surface area contributed by atoms with Crippen LogP contribution in [0.3, 0.4) is 0 Å². The fraction of sp³-hybridized carbons (Fsp3) is 0.250. The Balaban J connectivity index is 2.99. The maximum absolute atomic E-state index is 13.2. The molecule has 4 N–H and O–H groups in total. The lowest BCUT2D eigenvalue weighted by atomic mass is 10.3. The molecule has 0 aromatic heterocycles. The zero-order valence-corrected chi connectivity index (χ0v) is 8.94. The molecule has 5 nitrogen and oxygen atoms in total. The number of hydrogen-bond donors (Lipinski definition) is 3. The fourth-order valence-corrected chi connectivity index (χ4v) is 1.95. The smallest absolute Gasteiger partial charge is 0.299 e. The molecule has 0 fully saturated rings. The molecule has 0 aliphatic carbocycles. The van der Waals surface area contributed by atoms with Gasteiger partial charge in [-0.3, -0.25) is 4.72 Å². The molecule has 0 unspecified atom stereocenters. The van der Waals surface area contributed by atoms with E-state index in [1.807, 2.05) is 4.72 Å². The minimum atomic E-state index is -3.75. The molecular formula is C8H12FN3O2S. The third kappa shape index (κ3) is 3.07. The van der Waals surface area contributed by atoms with E-state index in [2.05, 4.69) is 4.72 Å². The maximum atomic E-state index is 13.2. The zero-order chi connectivity index (χ0) is 11.5. The molecule has 0 bridgehead atoms. The van der Waals surface area contributed by atoms with E-state index in [9.17, 15) is 12.8 Å². The van der Waals surface area contributed by atoms with E-state index in [0.29, 0.717) is 0 Å². The summed E-state index contributed by atoms with van der Waals surface area (Å²) in [6, 6.07) is 3.93. The van der Waals surface area contributed by atoms with Crippen LogP contribution in [0, 0.1) is 5.82 Å². The molecule has 0 saturated carbocycles. The van der Waals surface area contributed by atoms with Crippen LogP contribution in [0.2, 0.25) is 0 Å². The van der Waals surface area contributed by atoms with Gasteiger partial charge in [-0.2, -0.15) is 13.1 Å². The first-order valence-electron chi connectivity index (χ1n) is 4.27. The van der Waals surface area contributed by atoms with Gasteiger partial charge < -0.3 is 5.73 Å². The Bertz CT molecular complexity index is 427. The van der Waals surface area contributed by atoms with Crippen molar-refractivity contribution in [3.8, 4) is 0 Å². The predicted octanol–water partition coefficient (Wildman–Crippen LogP) is 0.674. The van der Waals surface area contributed by atoms with Crippen molar-refractivity contribution < 1.29 is 12.8 Å². The summed E-state index contributed by atoms with van der Waals surface area (Å²) in [5.74, 6) is -0.712. The molecule has 84 valence electrons. The molecule has 1 rings (SSSR count). The largest absolute Gasteiger partial charge is 0.397 e. The monoisotopic (exact) mass is 233 g/mol. The number of rotatable bonds is 4. The second-order valence-electron chi connectivity index (χ2n) is 2.81. The first kappa shape index (κ1) is 11.7. The van der Waals surface area contributed by atoms with Gasteiger partial charge in [0.05, 0.1) is 5.69 Å². The number of halogens is 1. The van der Waals surface area contributed by atoms with Gasteiger partial charge in [-0.05, 0) is 12.1 Å². The average molecular weight is 233 g/mol. The summed E-state index contributed by atoms with van der Waals surface area (Å²) in [5.41, 5.74) is 5.23. The number of nitrogens with one attached hydrogen (secondary N) is 2. The van der Waals surface area contributed by atoms with Crippen LogP contribution in [0.4, 0.5) is 15.8 Å². The highest BCUT2D eigenvalue weighted by Crippen LogP contribution is 2.22. The van der Waals surface area contributed by atoms with Crippen molar-refractivity contribution in [1.29, 1.82) is 0 Å². The highest BCUT2D eigenvalue weighted by Gasteiger charge is 2.13. The van der Waals surface area contributed by atoms with Crippen LogP contribution in [0.25, 0.3) is 0 Å². The van der Waals surface area contributed by atoms with Gasteiger partial charge in [0.2, 0.25) is 0 Å². The Morgan fingerprint density at radius 3 is 2.67 bits per heavy atom. The van der Waals surface area contributed by atoms with E-state index in [0.717, 1.165) is 6.07 Å². The number of nitrogen functional groups attached to an aromatic ring is 1. The van der Waals surface area contributed by atoms with Crippen LogP contribution in [0.1, 0.15) is 6.92 Å². The fourth-order valence-electron chi connectivity index (χ4n) is 1.01. The molecule has 15 heavy (non-hydrogen) atoms. The van der Waals surface area contributed by atoms with Crippen LogP contribution in [-0.4, -0.2) is 15.0 Å². The molecule has 0 radical (unpaired) electrons. The lowest BCUT2D eigenvalue weighted by molar-refractivity contribution is 0.587. The van der Waals surface area contributed by atoms with Crippen molar-refractivity contribution in [2.75, 3.05) is 17.0 Å². The van der Waals surface area contributed by atoms with Crippen LogP contribution in [0.15, 0.2) is 18.2 Å². The molecule has 0 atom stereocenters. The summed E-state index contributed by atoms with van der Waals surface area (Å²) in [7, 11) is -3.75. The number of hydrogen-bond acceptors (Lipinski definition) is 3. The third-order valence-corrected chi connectivity index (χ3v) is 2.76. The van der Waals surface area contributed by atoms with Gasteiger partial charge in [0.25, 0.3) is 10.2 Å². The van der Waals surface area contributed by atoms with Gasteiger partial charge in [-0.15, -0.1) is 0 Å². The second-order valence-corrected chi connectivity index (χ2v) is 4.31. The molecule has 0 aliphatic rings. The highest BCUT2D eigenvalue weighted by atomic mass is 32.2. The van der Waals surface area contributed by atoms with E-state index in [-0.39, 0.29) is 17.9 Å². The summed E-state index contributed by atoms with van der Waals surface area (Å²) in [6.07, 6.45) is 0. The van der Waals surface area contributed by atoms with Crippen molar-refractivity contribution in [3.63, 3.8) is 0 Å². The van der Waals surface area contributed by atoms with Gasteiger partial charge in [0.15, 0.2) is 0 Å². The number of nitrogens with two attached hydrogens (primary N) is 1. The van der Waals surface area contributed by atoms with Gasteiger partial charge in [-0.1, -0.05) is 13.0 Å². The second kappa shape index (κ2) is 4.45. The van der Waals surface area contributed by atoms with E-state index < -0.39 is 16.0 Å². The minimum Gasteiger partial charge on any atom is -0.397 e. The number of benzene rings is 1. The van der Waals surface area contributed by atoms with Gasteiger partial charge in [0, 0.05) is 6.54 Å². The molecular weight excluding hydrogens is 221 g/mol. The summed E-state index contributed by atoms with van der Waals surface area (Å²) in [5, 5.41) is 0. The normalized spacial score (nSPS) is 11.3. The topological polar surface area (TPSA) is 84.2 Å². The molecule has 1 aromatic carbocycles. The zero-order valence-electron chi connectivity index (χ0n) is 8.12. The van der Waals surface area contributed by atoms with Crippen molar-refractivity contribution >= 4 is 21.6 Å². The number of anilines is 2. The van der Waals surface area contributed by atoms with Crippen molar-refractivity contribution in [2.24, 2.45) is 0 Å². The molecule has 7 heteroatoms. The average Bonchev–Trinajstić information content (AvgIpc) is 2.11. The maximum Gasteiger partial charge on any atom is 0.299 e. The Morgan fingerprint density at radius 2 is 2.13 bits per heavy atom. The van der Waals surface area contributed by atoms with Crippen LogP contribution < -0.4 is 15.2 Å². The van der Waals surface area contributed by atoms with Gasteiger partial charge in [-0.25, -0.2) is 4.39 Å². The van der Waals surface area contributed by atoms with Gasteiger partial charge >= 0.3 is 0 Å². The number of para-hydroxylation sites is 1. The lowest BCUT2D eigenvalue weighted by Crippen LogP contribution is -2.30. The van der Waals surface area contributed by atoms with E-state index >= 15 is 0 Å². The van der Waals surface area contributed by atoms with Gasteiger partial charge in [0.1, 0.15) is 11.5 Å². The lowest BCUT2D eigenvalue weighted by Gasteiger charge is -2.10. The van der Waals surface area contributed by atoms with Crippen LogP contribution in [-0.2, 0) is 10.2 Å². The van der Waals surface area contributed by atoms with Crippen molar-refractivity contribution in [1.82, 2.24) is 4.72 Å². The minimum absolute atomic E-state index is 0.0384. The summed E-state index contributed by atoms with van der Waals surface area (Å²) in [4.78, 5) is 0. The van der Waals surface area contributed by atoms with E-state index in [4.69, 9.17) is 5.73 Å². The standard InChI is InChI=1S/C8H12FN3O2S/c1-2-11-15(13,14)12-8-6(9)4-3-5-7(8)10/h3-5,11-12H,2,10H2,1H3. The summed E-state index contributed by atoms with van der Waals surface area (Å²) < 4.78 is 39.9. The molecule has 1 aromatic rings.